The van der Waals surface area contributed by atoms with Gasteiger partial charge in [0.15, 0.2) is 11.6 Å². The van der Waals surface area contributed by atoms with E-state index in [1.165, 1.54) is 5.69 Å². The molecule has 116 valence electrons. The van der Waals surface area contributed by atoms with E-state index in [1.54, 1.807) is 0 Å². The molecule has 0 saturated heterocycles. The van der Waals surface area contributed by atoms with Crippen molar-refractivity contribution in [2.24, 2.45) is 0 Å². The predicted molar refractivity (Wildman–Crippen MR) is 76.4 cm³/mol. The normalized spacial score (nSPS) is 20.2. The lowest BCUT2D eigenvalue weighted by Gasteiger charge is -2.24. The lowest BCUT2D eigenvalue weighted by atomic mass is 9.84. The molecule has 1 unspecified atom stereocenters. The van der Waals surface area contributed by atoms with Crippen molar-refractivity contribution < 1.29 is 13.2 Å². The molecule has 0 bridgehead atoms. The molecule has 0 fully saturated rings. The molecule has 2 aromatic rings. The highest BCUT2D eigenvalue weighted by atomic mass is 19.2. The summed E-state index contributed by atoms with van der Waals surface area (Å²) in [5, 5.41) is 3.27. The first kappa shape index (κ1) is 13.7. The maximum atomic E-state index is 14.0. The highest BCUT2D eigenvalue weighted by molar-refractivity contribution is 5.39. The van der Waals surface area contributed by atoms with E-state index in [9.17, 15) is 13.2 Å². The van der Waals surface area contributed by atoms with Crippen molar-refractivity contribution in [3.8, 4) is 0 Å². The molecule has 1 aliphatic carbocycles. The van der Waals surface area contributed by atoms with Crippen LogP contribution >= 0.6 is 0 Å². The Morgan fingerprint density at radius 2 is 1.95 bits per heavy atom. The molecule has 0 radical (unpaired) electrons. The summed E-state index contributed by atoms with van der Waals surface area (Å²) in [6, 6.07) is 1.63. The Morgan fingerprint density at radius 1 is 1.14 bits per heavy atom. The quantitative estimate of drug-likeness (QED) is 0.819. The van der Waals surface area contributed by atoms with Crippen LogP contribution in [0.1, 0.15) is 35.7 Å². The minimum Gasteiger partial charge on any atom is -0.356 e. The van der Waals surface area contributed by atoms with Crippen LogP contribution in [0.2, 0.25) is 0 Å². The first-order valence-electron chi connectivity index (χ1n) is 7.60. The van der Waals surface area contributed by atoms with Gasteiger partial charge in [0.1, 0.15) is 5.82 Å². The number of rotatable bonds is 1. The average molecular weight is 307 g/mol. The highest BCUT2D eigenvalue weighted by Gasteiger charge is 2.29. The Kier molecular flexibility index (Phi) is 3.13. The van der Waals surface area contributed by atoms with Gasteiger partial charge in [0, 0.05) is 24.8 Å². The number of halogens is 3. The van der Waals surface area contributed by atoms with Crippen molar-refractivity contribution in [2.75, 3.05) is 11.9 Å². The number of fused-ring (bicyclic) bond motifs is 3. The number of nitrogens with zero attached hydrogens (tertiary/aromatic N) is 2. The fourth-order valence-corrected chi connectivity index (χ4v) is 3.55. The summed E-state index contributed by atoms with van der Waals surface area (Å²) in [4.78, 5) is 4.60. The maximum absolute atomic E-state index is 14.0. The highest BCUT2D eigenvalue weighted by Crippen LogP contribution is 2.36. The van der Waals surface area contributed by atoms with Crippen LogP contribution in [0.3, 0.4) is 0 Å². The van der Waals surface area contributed by atoms with E-state index >= 15 is 0 Å². The van der Waals surface area contributed by atoms with Crippen LogP contribution in [0.4, 0.5) is 19.1 Å². The molecular weight excluding hydrogens is 291 g/mol. The SMILES string of the molecule is Fc1cc(F)c(C2CCc3c(nc4n3CCCN4)C2)cc1F. The number of anilines is 1. The molecule has 1 N–H and O–H groups in total. The van der Waals surface area contributed by atoms with Gasteiger partial charge in [-0.05, 0) is 43.2 Å². The number of nitrogens with one attached hydrogen (secondary N) is 1. The summed E-state index contributed by atoms with van der Waals surface area (Å²) in [5.41, 5.74) is 2.40. The second-order valence-electron chi connectivity index (χ2n) is 5.99. The fraction of sp³-hybridized carbons (Fsp3) is 0.438. The van der Waals surface area contributed by atoms with E-state index in [0.717, 1.165) is 50.1 Å². The number of imidazole rings is 1. The van der Waals surface area contributed by atoms with Crippen molar-refractivity contribution in [3.05, 3.63) is 46.5 Å². The molecule has 4 rings (SSSR count). The fourth-order valence-electron chi connectivity index (χ4n) is 3.55. The Hall–Kier alpha value is -1.98. The van der Waals surface area contributed by atoms with Crippen LogP contribution in [0.15, 0.2) is 12.1 Å². The third-order valence-corrected chi connectivity index (χ3v) is 4.65. The maximum Gasteiger partial charge on any atom is 0.203 e. The minimum absolute atomic E-state index is 0.153. The van der Waals surface area contributed by atoms with Crippen molar-refractivity contribution >= 4 is 5.95 Å². The van der Waals surface area contributed by atoms with Crippen LogP contribution in [-0.4, -0.2) is 16.1 Å². The van der Waals surface area contributed by atoms with Crippen LogP contribution < -0.4 is 5.32 Å². The molecule has 3 nitrogen and oxygen atoms in total. The van der Waals surface area contributed by atoms with Gasteiger partial charge in [-0.2, -0.15) is 0 Å². The molecule has 22 heavy (non-hydrogen) atoms. The van der Waals surface area contributed by atoms with E-state index in [1.807, 2.05) is 0 Å². The van der Waals surface area contributed by atoms with Crippen molar-refractivity contribution in [2.45, 2.75) is 38.1 Å². The van der Waals surface area contributed by atoms with Crippen LogP contribution in [0.5, 0.6) is 0 Å². The van der Waals surface area contributed by atoms with Crippen molar-refractivity contribution in [1.29, 1.82) is 0 Å². The summed E-state index contributed by atoms with van der Waals surface area (Å²) in [5.74, 6) is -2.08. The van der Waals surface area contributed by atoms with Crippen LogP contribution in [0.25, 0.3) is 0 Å². The zero-order valence-electron chi connectivity index (χ0n) is 12.0. The van der Waals surface area contributed by atoms with E-state index in [0.29, 0.717) is 12.5 Å². The number of aromatic nitrogens is 2. The summed E-state index contributed by atoms with van der Waals surface area (Å²) in [7, 11) is 0. The second-order valence-corrected chi connectivity index (χ2v) is 5.99. The molecule has 0 saturated carbocycles. The van der Waals surface area contributed by atoms with Gasteiger partial charge in [0.2, 0.25) is 5.95 Å². The molecule has 2 heterocycles. The monoisotopic (exact) mass is 307 g/mol. The Balaban J connectivity index is 1.68. The van der Waals surface area contributed by atoms with Gasteiger partial charge in [-0.1, -0.05) is 0 Å². The van der Waals surface area contributed by atoms with Gasteiger partial charge < -0.3 is 9.88 Å². The molecule has 0 spiro atoms. The van der Waals surface area contributed by atoms with Crippen molar-refractivity contribution in [1.82, 2.24) is 9.55 Å². The van der Waals surface area contributed by atoms with Gasteiger partial charge in [-0.3, -0.25) is 0 Å². The van der Waals surface area contributed by atoms with Gasteiger partial charge in [0.05, 0.1) is 5.69 Å². The minimum atomic E-state index is -1.14. The topological polar surface area (TPSA) is 29.9 Å². The third-order valence-electron chi connectivity index (χ3n) is 4.65. The average Bonchev–Trinajstić information content (AvgIpc) is 2.88. The molecule has 1 atom stereocenters. The summed E-state index contributed by atoms with van der Waals surface area (Å²) in [6.07, 6.45) is 3.14. The number of benzene rings is 1. The van der Waals surface area contributed by atoms with Crippen molar-refractivity contribution in [3.63, 3.8) is 0 Å². The molecule has 1 aromatic heterocycles. The Bertz CT molecular complexity index is 739. The Labute approximate surface area is 126 Å². The van der Waals surface area contributed by atoms with Gasteiger partial charge in [0.25, 0.3) is 0 Å². The van der Waals surface area contributed by atoms with Gasteiger partial charge in [-0.15, -0.1) is 0 Å². The lowest BCUT2D eigenvalue weighted by molar-refractivity contribution is 0.470. The zero-order chi connectivity index (χ0) is 15.3. The number of hydrogen-bond donors (Lipinski definition) is 1. The first-order chi connectivity index (χ1) is 10.6. The third kappa shape index (κ3) is 2.09. The summed E-state index contributed by atoms with van der Waals surface area (Å²) < 4.78 is 42.7. The second kappa shape index (κ2) is 5.04. The summed E-state index contributed by atoms with van der Waals surface area (Å²) in [6.45, 7) is 1.87. The number of hydrogen-bond acceptors (Lipinski definition) is 2. The first-order valence-corrected chi connectivity index (χ1v) is 7.60. The van der Waals surface area contributed by atoms with Crippen LogP contribution in [0, 0.1) is 17.5 Å². The molecule has 1 aliphatic heterocycles. The summed E-state index contributed by atoms with van der Waals surface area (Å²) >= 11 is 0. The Morgan fingerprint density at radius 3 is 2.82 bits per heavy atom. The molecular formula is C16H16F3N3. The largest absolute Gasteiger partial charge is 0.356 e. The van der Waals surface area contributed by atoms with E-state index < -0.39 is 17.5 Å². The zero-order valence-corrected chi connectivity index (χ0v) is 12.0. The van der Waals surface area contributed by atoms with E-state index in [2.05, 4.69) is 14.9 Å². The predicted octanol–water partition coefficient (Wildman–Crippen LogP) is 3.39. The molecule has 2 aliphatic rings. The smallest absolute Gasteiger partial charge is 0.203 e. The van der Waals surface area contributed by atoms with Gasteiger partial charge in [-0.25, -0.2) is 18.2 Å². The van der Waals surface area contributed by atoms with Crippen LogP contribution in [-0.2, 0) is 19.4 Å². The molecule has 0 amide bonds. The van der Waals surface area contributed by atoms with E-state index in [-0.39, 0.29) is 11.5 Å². The lowest BCUT2D eigenvalue weighted by Crippen LogP contribution is -2.20. The van der Waals surface area contributed by atoms with Gasteiger partial charge >= 0.3 is 0 Å². The standard InChI is InChI=1S/C16H16F3N3/c17-11-8-13(19)12(18)7-10(11)9-2-3-15-14(6-9)21-16-20-4-1-5-22(15)16/h7-9H,1-6H2,(H,20,21). The molecule has 1 aromatic carbocycles. The molecule has 6 heteroatoms. The van der Waals surface area contributed by atoms with E-state index in [4.69, 9.17) is 0 Å².